The zero-order valence-corrected chi connectivity index (χ0v) is 18.4. The molecular formula is C25H28N2O2S. The predicted molar refractivity (Wildman–Crippen MR) is 122 cm³/mol. The third kappa shape index (κ3) is 4.12. The second-order valence-electron chi connectivity index (χ2n) is 8.06. The molecule has 0 bridgehead atoms. The lowest BCUT2D eigenvalue weighted by Gasteiger charge is -2.47. The summed E-state index contributed by atoms with van der Waals surface area (Å²) in [6.45, 7) is 4.84. The number of carbonyl (C=O) groups is 1. The highest BCUT2D eigenvalue weighted by molar-refractivity contribution is 7.12. The number of nitrogens with zero attached hydrogens (tertiary/aromatic N) is 2. The van der Waals surface area contributed by atoms with Crippen molar-refractivity contribution in [2.45, 2.75) is 51.1 Å². The number of carbonyl (C=O) groups excluding carboxylic acids is 1. The number of amides is 1. The lowest BCUT2D eigenvalue weighted by atomic mass is 9.82. The average molecular weight is 421 g/mol. The van der Waals surface area contributed by atoms with Gasteiger partial charge in [0.1, 0.15) is 5.75 Å². The fraction of sp³-hybridized carbons (Fsp3) is 0.360. The van der Waals surface area contributed by atoms with Gasteiger partial charge >= 0.3 is 0 Å². The summed E-state index contributed by atoms with van der Waals surface area (Å²) in [4.78, 5) is 20.4. The molecule has 0 N–H and O–H groups in total. The summed E-state index contributed by atoms with van der Waals surface area (Å²) >= 11 is 1.71. The van der Waals surface area contributed by atoms with E-state index in [2.05, 4.69) is 19.1 Å². The summed E-state index contributed by atoms with van der Waals surface area (Å²) < 4.78 is 5.92. The Morgan fingerprint density at radius 1 is 1.17 bits per heavy atom. The number of aryl methyl sites for hydroxylation is 1. The Morgan fingerprint density at radius 3 is 2.57 bits per heavy atom. The van der Waals surface area contributed by atoms with E-state index in [0.29, 0.717) is 6.61 Å². The van der Waals surface area contributed by atoms with E-state index in [1.807, 2.05) is 60.4 Å². The van der Waals surface area contributed by atoms with Crippen molar-refractivity contribution >= 4 is 17.7 Å². The first-order valence-electron chi connectivity index (χ1n) is 10.6. The van der Waals surface area contributed by atoms with Crippen LogP contribution in [0.25, 0.3) is 11.3 Å². The number of para-hydroxylation sites is 1. The number of rotatable bonds is 7. The standard InChI is InChI=1S/C25H28N2O2S/c1-19-26-23(20-10-5-3-6-11-20)24(30-19)25(2)16-9-12-21(27(25)18-28)15-17-29-22-13-7-4-8-14-22/h3-8,10-11,13-14,18,21H,9,12,15-17H2,1-2H3. The summed E-state index contributed by atoms with van der Waals surface area (Å²) in [5.74, 6) is 0.873. The zero-order chi connectivity index (χ0) is 21.0. The summed E-state index contributed by atoms with van der Waals surface area (Å²) in [7, 11) is 0. The molecule has 30 heavy (non-hydrogen) atoms. The van der Waals surface area contributed by atoms with Crippen molar-refractivity contribution in [1.82, 2.24) is 9.88 Å². The maximum absolute atomic E-state index is 12.3. The molecule has 0 saturated carbocycles. The van der Waals surface area contributed by atoms with Gasteiger partial charge in [-0.15, -0.1) is 11.3 Å². The van der Waals surface area contributed by atoms with Crippen LogP contribution in [0, 0.1) is 6.92 Å². The van der Waals surface area contributed by atoms with Crippen molar-refractivity contribution in [3.8, 4) is 17.0 Å². The molecular weight excluding hydrogens is 392 g/mol. The third-order valence-corrected chi connectivity index (χ3v) is 7.24. The molecule has 3 aromatic rings. The minimum atomic E-state index is -0.353. The highest BCUT2D eigenvalue weighted by Crippen LogP contribution is 2.46. The Labute approximate surface area is 182 Å². The van der Waals surface area contributed by atoms with Gasteiger partial charge in [0.15, 0.2) is 0 Å². The van der Waals surface area contributed by atoms with Crippen LogP contribution in [-0.4, -0.2) is 28.9 Å². The van der Waals surface area contributed by atoms with Gasteiger partial charge in [0, 0.05) is 18.0 Å². The highest BCUT2D eigenvalue weighted by Gasteiger charge is 2.43. The fourth-order valence-corrected chi connectivity index (χ4v) is 5.60. The number of ether oxygens (including phenoxy) is 1. The molecule has 1 aliphatic rings. The smallest absolute Gasteiger partial charge is 0.210 e. The molecule has 4 rings (SSSR count). The molecule has 156 valence electrons. The molecule has 1 aliphatic heterocycles. The molecule has 1 aromatic heterocycles. The van der Waals surface area contributed by atoms with Crippen LogP contribution < -0.4 is 4.74 Å². The Morgan fingerprint density at radius 2 is 1.87 bits per heavy atom. The summed E-state index contributed by atoms with van der Waals surface area (Å²) in [6, 6.07) is 20.3. The Hall–Kier alpha value is -2.66. The maximum Gasteiger partial charge on any atom is 0.210 e. The third-order valence-electron chi connectivity index (χ3n) is 6.01. The fourth-order valence-electron chi connectivity index (χ4n) is 4.48. The molecule has 4 nitrogen and oxygen atoms in total. The van der Waals surface area contributed by atoms with Gasteiger partial charge in [-0.05, 0) is 45.2 Å². The van der Waals surface area contributed by atoms with E-state index in [0.717, 1.165) is 54.1 Å². The SMILES string of the molecule is Cc1nc(-c2ccccc2)c(C2(C)CCCC(CCOc3ccccc3)N2C=O)s1. The topological polar surface area (TPSA) is 42.4 Å². The molecule has 0 spiro atoms. The largest absolute Gasteiger partial charge is 0.494 e. The molecule has 0 radical (unpaired) electrons. The second-order valence-corrected chi connectivity index (χ2v) is 9.26. The Bertz CT molecular complexity index is 973. The average Bonchev–Trinajstić information content (AvgIpc) is 3.18. The van der Waals surface area contributed by atoms with Crippen LogP contribution in [0.2, 0.25) is 0 Å². The summed E-state index contributed by atoms with van der Waals surface area (Å²) in [5, 5.41) is 1.03. The van der Waals surface area contributed by atoms with E-state index in [4.69, 9.17) is 9.72 Å². The van der Waals surface area contributed by atoms with Gasteiger partial charge in [0.2, 0.25) is 6.41 Å². The molecule has 0 aliphatic carbocycles. The van der Waals surface area contributed by atoms with E-state index < -0.39 is 0 Å². The van der Waals surface area contributed by atoms with Crippen LogP contribution in [0.3, 0.4) is 0 Å². The van der Waals surface area contributed by atoms with Crippen molar-refractivity contribution in [3.05, 3.63) is 70.5 Å². The zero-order valence-electron chi connectivity index (χ0n) is 17.6. The quantitative estimate of drug-likeness (QED) is 0.453. The number of aromatic nitrogens is 1. The van der Waals surface area contributed by atoms with Crippen molar-refractivity contribution in [2.24, 2.45) is 0 Å². The molecule has 2 unspecified atom stereocenters. The minimum absolute atomic E-state index is 0.163. The van der Waals surface area contributed by atoms with Gasteiger partial charge in [-0.1, -0.05) is 48.5 Å². The first-order valence-corrected chi connectivity index (χ1v) is 11.4. The van der Waals surface area contributed by atoms with Crippen LogP contribution >= 0.6 is 11.3 Å². The maximum atomic E-state index is 12.3. The van der Waals surface area contributed by atoms with Crippen molar-refractivity contribution < 1.29 is 9.53 Å². The van der Waals surface area contributed by atoms with E-state index in [-0.39, 0.29) is 11.6 Å². The second kappa shape index (κ2) is 9.00. The monoisotopic (exact) mass is 420 g/mol. The number of piperidine rings is 1. The van der Waals surface area contributed by atoms with Gasteiger partial charge in [-0.2, -0.15) is 0 Å². The number of thiazole rings is 1. The van der Waals surface area contributed by atoms with Gasteiger partial charge in [-0.25, -0.2) is 4.98 Å². The van der Waals surface area contributed by atoms with Crippen molar-refractivity contribution in [3.63, 3.8) is 0 Å². The lowest BCUT2D eigenvalue weighted by Crippen LogP contribution is -2.52. The van der Waals surface area contributed by atoms with Gasteiger partial charge in [0.05, 0.1) is 27.7 Å². The van der Waals surface area contributed by atoms with Crippen molar-refractivity contribution in [2.75, 3.05) is 6.61 Å². The van der Waals surface area contributed by atoms with Crippen LogP contribution in [0.5, 0.6) is 5.75 Å². The Balaban J connectivity index is 1.58. The summed E-state index contributed by atoms with van der Waals surface area (Å²) in [6.07, 6.45) is 4.90. The number of hydrogen-bond donors (Lipinski definition) is 0. The van der Waals surface area contributed by atoms with Gasteiger partial charge in [-0.3, -0.25) is 4.79 Å². The first kappa shape index (κ1) is 20.6. The van der Waals surface area contributed by atoms with Crippen LogP contribution in [0.15, 0.2) is 60.7 Å². The summed E-state index contributed by atoms with van der Waals surface area (Å²) in [5.41, 5.74) is 1.77. The molecule has 5 heteroatoms. The van der Waals surface area contributed by atoms with Gasteiger partial charge < -0.3 is 9.64 Å². The molecule has 1 saturated heterocycles. The lowest BCUT2D eigenvalue weighted by molar-refractivity contribution is -0.130. The molecule has 2 atom stereocenters. The van der Waals surface area contributed by atoms with E-state index >= 15 is 0 Å². The Kier molecular flexibility index (Phi) is 6.18. The molecule has 1 amide bonds. The number of benzene rings is 2. The number of hydrogen-bond acceptors (Lipinski definition) is 4. The van der Waals surface area contributed by atoms with E-state index in [1.165, 1.54) is 4.88 Å². The molecule has 1 fully saturated rings. The van der Waals surface area contributed by atoms with E-state index in [1.54, 1.807) is 11.3 Å². The minimum Gasteiger partial charge on any atom is -0.494 e. The normalized spacial score (nSPS) is 21.4. The van der Waals surface area contributed by atoms with Crippen LogP contribution in [-0.2, 0) is 10.3 Å². The van der Waals surface area contributed by atoms with Crippen LogP contribution in [0.4, 0.5) is 0 Å². The predicted octanol–water partition coefficient (Wildman–Crippen LogP) is 5.81. The molecule has 2 heterocycles. The van der Waals surface area contributed by atoms with E-state index in [9.17, 15) is 4.79 Å². The van der Waals surface area contributed by atoms with Gasteiger partial charge in [0.25, 0.3) is 0 Å². The molecule has 2 aromatic carbocycles. The van der Waals surface area contributed by atoms with Crippen LogP contribution in [0.1, 0.15) is 42.5 Å². The number of likely N-dealkylation sites (tertiary alicyclic amines) is 1. The highest BCUT2D eigenvalue weighted by atomic mass is 32.1. The van der Waals surface area contributed by atoms with Crippen molar-refractivity contribution in [1.29, 1.82) is 0 Å². The first-order chi connectivity index (χ1) is 14.6.